The molecule has 0 aliphatic rings. The Balaban J connectivity index is 0.00000450. The van der Waals surface area contributed by atoms with Gasteiger partial charge in [0.2, 0.25) is 0 Å². The van der Waals surface area contributed by atoms with Crippen LogP contribution in [0.1, 0.15) is 31.0 Å². The van der Waals surface area contributed by atoms with Crippen molar-refractivity contribution in [3.63, 3.8) is 0 Å². The van der Waals surface area contributed by atoms with Crippen molar-refractivity contribution < 1.29 is 24.2 Å². The van der Waals surface area contributed by atoms with E-state index in [4.69, 9.17) is 26.4 Å². The second-order valence-electron chi connectivity index (χ2n) is 6.52. The summed E-state index contributed by atoms with van der Waals surface area (Å²) in [6.45, 7) is 3.26. The molecule has 162 valence electrons. The van der Waals surface area contributed by atoms with E-state index in [1.807, 2.05) is 13.8 Å². The van der Waals surface area contributed by atoms with Crippen molar-refractivity contribution in [2.24, 2.45) is 11.5 Å². The molecule has 2 aromatic carbocycles. The van der Waals surface area contributed by atoms with Crippen LogP contribution >= 0.6 is 12.4 Å². The number of primary amides is 1. The van der Waals surface area contributed by atoms with Gasteiger partial charge in [0.1, 0.15) is 5.84 Å². The minimum Gasteiger partial charge on any atom is -0.548 e. The zero-order valence-electron chi connectivity index (χ0n) is 16.5. The average Bonchev–Trinajstić information content (AvgIpc) is 2.65. The van der Waals surface area contributed by atoms with E-state index in [-0.39, 0.29) is 36.7 Å². The van der Waals surface area contributed by atoms with Crippen molar-refractivity contribution in [3.8, 4) is 11.5 Å². The maximum absolute atomic E-state index is 11.7. The number of halogens is 1. The SMILES string of the molecule is CC(C)Oc1ccc(C(Nc2ccc(C(=N)N)cc2)C(=O)[O-])cc1OCC(N)=O.Cl. The number of carboxylic acids is 1. The number of nitrogens with one attached hydrogen (secondary N) is 2. The molecule has 30 heavy (non-hydrogen) atoms. The van der Waals surface area contributed by atoms with Crippen LogP contribution in [0.2, 0.25) is 0 Å². The van der Waals surface area contributed by atoms with Gasteiger partial charge in [-0.05, 0) is 55.8 Å². The summed E-state index contributed by atoms with van der Waals surface area (Å²) >= 11 is 0. The second-order valence-corrected chi connectivity index (χ2v) is 6.52. The van der Waals surface area contributed by atoms with Crippen LogP contribution in [0, 0.1) is 5.41 Å². The van der Waals surface area contributed by atoms with Gasteiger partial charge in [0.25, 0.3) is 5.91 Å². The first kappa shape index (κ1) is 24.6. The van der Waals surface area contributed by atoms with E-state index in [0.717, 1.165) is 0 Å². The van der Waals surface area contributed by atoms with Crippen molar-refractivity contribution in [2.75, 3.05) is 11.9 Å². The van der Waals surface area contributed by atoms with Gasteiger partial charge in [0.05, 0.1) is 18.1 Å². The smallest absolute Gasteiger partial charge is 0.255 e. The Bertz CT molecular complexity index is 903. The molecule has 0 aliphatic heterocycles. The minimum absolute atomic E-state index is 0. The van der Waals surface area contributed by atoms with Crippen LogP contribution in [0.3, 0.4) is 0 Å². The molecule has 1 amide bonds. The maximum Gasteiger partial charge on any atom is 0.255 e. The number of rotatable bonds is 10. The number of hydrogen-bond acceptors (Lipinski definition) is 7. The predicted molar refractivity (Wildman–Crippen MR) is 113 cm³/mol. The van der Waals surface area contributed by atoms with Crippen molar-refractivity contribution >= 4 is 35.8 Å². The van der Waals surface area contributed by atoms with Crippen molar-refractivity contribution in [1.82, 2.24) is 0 Å². The highest BCUT2D eigenvalue weighted by molar-refractivity contribution is 5.95. The fourth-order valence-corrected chi connectivity index (χ4v) is 2.51. The third kappa shape index (κ3) is 6.85. The molecule has 0 bridgehead atoms. The van der Waals surface area contributed by atoms with Crippen molar-refractivity contribution in [1.29, 1.82) is 5.41 Å². The van der Waals surface area contributed by atoms with E-state index < -0.39 is 17.9 Å². The fraction of sp³-hybridized carbons (Fsp3) is 0.250. The van der Waals surface area contributed by atoms with E-state index in [9.17, 15) is 14.7 Å². The van der Waals surface area contributed by atoms with E-state index in [1.165, 1.54) is 6.07 Å². The quantitative estimate of drug-likeness (QED) is 0.318. The third-order valence-corrected chi connectivity index (χ3v) is 3.78. The molecule has 0 aliphatic carbocycles. The summed E-state index contributed by atoms with van der Waals surface area (Å²) in [4.78, 5) is 22.8. The topological polar surface area (TPSA) is 164 Å². The number of carboxylic acid groups (broad SMARTS) is 1. The first-order valence-electron chi connectivity index (χ1n) is 8.81. The number of aliphatic carboxylic acids is 1. The van der Waals surface area contributed by atoms with Gasteiger partial charge >= 0.3 is 0 Å². The number of ether oxygens (including phenoxy) is 2. The van der Waals surface area contributed by atoms with Crippen LogP contribution in [-0.2, 0) is 9.59 Å². The summed E-state index contributed by atoms with van der Waals surface area (Å²) in [5, 5.41) is 22.0. The van der Waals surface area contributed by atoms with Crippen LogP contribution in [-0.4, -0.2) is 30.4 Å². The maximum atomic E-state index is 11.7. The van der Waals surface area contributed by atoms with Gasteiger partial charge in [-0.15, -0.1) is 12.4 Å². The lowest BCUT2D eigenvalue weighted by Gasteiger charge is -2.23. The van der Waals surface area contributed by atoms with Crippen LogP contribution < -0.4 is 31.4 Å². The number of nitrogens with two attached hydrogens (primary N) is 2. The Morgan fingerprint density at radius 2 is 1.73 bits per heavy atom. The van der Waals surface area contributed by atoms with Crippen LogP contribution in [0.4, 0.5) is 5.69 Å². The van der Waals surface area contributed by atoms with Gasteiger partial charge in [0.15, 0.2) is 18.1 Å². The molecular weight excluding hydrogens is 412 g/mol. The molecule has 9 nitrogen and oxygen atoms in total. The van der Waals surface area contributed by atoms with Gasteiger partial charge in [-0.3, -0.25) is 10.2 Å². The largest absolute Gasteiger partial charge is 0.548 e. The summed E-state index contributed by atoms with van der Waals surface area (Å²) < 4.78 is 11.0. The second kappa shape index (κ2) is 10.9. The van der Waals surface area contributed by atoms with Gasteiger partial charge in [-0.1, -0.05) is 6.07 Å². The Morgan fingerprint density at radius 1 is 1.10 bits per heavy atom. The number of amides is 1. The molecule has 0 aromatic heterocycles. The molecule has 0 spiro atoms. The molecule has 0 fully saturated rings. The number of carbonyl (C=O) groups excluding carboxylic acids is 2. The van der Waals surface area contributed by atoms with E-state index in [2.05, 4.69) is 5.32 Å². The van der Waals surface area contributed by atoms with Gasteiger partial charge in [-0.25, -0.2) is 0 Å². The first-order valence-corrected chi connectivity index (χ1v) is 8.81. The zero-order valence-corrected chi connectivity index (χ0v) is 17.3. The van der Waals surface area contributed by atoms with E-state index in [0.29, 0.717) is 22.6 Å². The van der Waals surface area contributed by atoms with Crippen molar-refractivity contribution in [3.05, 3.63) is 53.6 Å². The number of amidine groups is 1. The Kier molecular flexibility index (Phi) is 8.94. The van der Waals surface area contributed by atoms with Crippen LogP contribution in [0.25, 0.3) is 0 Å². The molecule has 2 aromatic rings. The minimum atomic E-state index is -1.36. The van der Waals surface area contributed by atoms with E-state index >= 15 is 0 Å². The van der Waals surface area contributed by atoms with Crippen LogP contribution in [0.15, 0.2) is 42.5 Å². The van der Waals surface area contributed by atoms with E-state index in [1.54, 1.807) is 36.4 Å². The number of nitrogen functional groups attached to an aromatic ring is 1. The lowest BCUT2D eigenvalue weighted by atomic mass is 10.1. The summed E-state index contributed by atoms with van der Waals surface area (Å²) in [5.41, 5.74) is 11.9. The summed E-state index contributed by atoms with van der Waals surface area (Å²) in [5.74, 6) is -1.59. The summed E-state index contributed by atoms with van der Waals surface area (Å²) in [6, 6.07) is 9.77. The Labute approximate surface area is 180 Å². The monoisotopic (exact) mass is 435 g/mol. The van der Waals surface area contributed by atoms with Gasteiger partial charge in [-0.2, -0.15) is 0 Å². The molecule has 1 unspecified atom stereocenters. The molecule has 0 saturated carbocycles. The predicted octanol–water partition coefficient (Wildman–Crippen LogP) is 0.947. The number of hydrogen-bond donors (Lipinski definition) is 4. The Morgan fingerprint density at radius 3 is 2.23 bits per heavy atom. The standard InChI is InChI=1S/C20H24N4O5.ClH/c1-11(2)29-15-8-5-13(9-16(15)28-10-17(21)25)18(20(26)27)24-14-6-3-12(4-7-14)19(22)23;/h3-9,11,18,24H,10H2,1-2H3,(H2,21,25)(H3,22,23)(H,26,27);1H/p-1. The zero-order chi connectivity index (χ0) is 21.6. The fourth-order valence-electron chi connectivity index (χ4n) is 2.51. The summed E-state index contributed by atoms with van der Waals surface area (Å²) in [6.07, 6.45) is -0.161. The number of anilines is 1. The molecule has 2 rings (SSSR count). The molecule has 10 heteroatoms. The highest BCUT2D eigenvalue weighted by Gasteiger charge is 2.17. The number of benzene rings is 2. The lowest BCUT2D eigenvalue weighted by molar-refractivity contribution is -0.307. The molecule has 1 atom stereocenters. The molecule has 0 saturated heterocycles. The van der Waals surface area contributed by atoms with Gasteiger partial charge < -0.3 is 36.2 Å². The highest BCUT2D eigenvalue weighted by atomic mass is 35.5. The lowest BCUT2D eigenvalue weighted by Crippen LogP contribution is -2.34. The highest BCUT2D eigenvalue weighted by Crippen LogP contribution is 2.32. The summed E-state index contributed by atoms with van der Waals surface area (Å²) in [7, 11) is 0. The molecular formula is C20H24ClN4O5-. The van der Waals surface area contributed by atoms with Gasteiger partial charge in [0, 0.05) is 11.3 Å². The molecule has 6 N–H and O–H groups in total. The average molecular weight is 436 g/mol. The van der Waals surface area contributed by atoms with Crippen LogP contribution in [0.5, 0.6) is 11.5 Å². The van der Waals surface area contributed by atoms with Crippen molar-refractivity contribution in [2.45, 2.75) is 26.0 Å². The molecule has 0 radical (unpaired) electrons. The number of carbonyl (C=O) groups is 2. The normalized spacial score (nSPS) is 11.2. The Hall–Kier alpha value is -3.46. The molecule has 0 heterocycles. The third-order valence-electron chi connectivity index (χ3n) is 3.78. The first-order chi connectivity index (χ1) is 13.7.